The number of carbonyl (C=O) groups is 2. The van der Waals surface area contributed by atoms with Crippen LogP contribution in [-0.4, -0.2) is 54.5 Å². The van der Waals surface area contributed by atoms with Gasteiger partial charge in [0.1, 0.15) is 0 Å². The van der Waals surface area contributed by atoms with Crippen molar-refractivity contribution in [2.45, 2.75) is 26.8 Å². The van der Waals surface area contributed by atoms with E-state index in [0.717, 1.165) is 31.0 Å². The Morgan fingerprint density at radius 2 is 1.45 bits per heavy atom. The van der Waals surface area contributed by atoms with Gasteiger partial charge in [-0.2, -0.15) is 0 Å². The van der Waals surface area contributed by atoms with Gasteiger partial charge in [-0.15, -0.1) is 0 Å². The predicted octanol–water partition coefficient (Wildman–Crippen LogP) is 3.14. The maximum Gasteiger partial charge on any atom is 0.261 e. The first-order valence-corrected chi connectivity index (χ1v) is 10.2. The van der Waals surface area contributed by atoms with Gasteiger partial charge in [0.25, 0.3) is 11.8 Å². The second-order valence-corrected chi connectivity index (χ2v) is 7.27. The summed E-state index contributed by atoms with van der Waals surface area (Å²) < 4.78 is 11.5. The van der Waals surface area contributed by atoms with Crippen LogP contribution in [0.15, 0.2) is 36.4 Å². The zero-order valence-corrected chi connectivity index (χ0v) is 16.9. The molecule has 6 heteroatoms. The van der Waals surface area contributed by atoms with Crippen LogP contribution in [0.2, 0.25) is 0 Å². The molecular weight excluding hydrogens is 368 g/mol. The Hall–Kier alpha value is -2.86. The van der Waals surface area contributed by atoms with E-state index in [2.05, 4.69) is 17.0 Å². The molecular formula is C23H26N2O4. The van der Waals surface area contributed by atoms with Crippen LogP contribution < -0.4 is 9.47 Å². The van der Waals surface area contributed by atoms with E-state index in [4.69, 9.17) is 9.47 Å². The molecule has 0 radical (unpaired) electrons. The van der Waals surface area contributed by atoms with Crippen molar-refractivity contribution in [2.24, 2.45) is 0 Å². The molecule has 2 aromatic rings. The first-order chi connectivity index (χ1) is 14.1. The van der Waals surface area contributed by atoms with Gasteiger partial charge < -0.3 is 9.47 Å². The second kappa shape index (κ2) is 8.25. The minimum atomic E-state index is -0.192. The van der Waals surface area contributed by atoms with Crippen molar-refractivity contribution in [3.8, 4) is 11.5 Å². The summed E-state index contributed by atoms with van der Waals surface area (Å²) in [5, 5.41) is 0. The highest BCUT2D eigenvalue weighted by atomic mass is 16.5. The highest BCUT2D eigenvalue weighted by Crippen LogP contribution is 2.34. The number of rotatable bonds is 7. The van der Waals surface area contributed by atoms with Crippen LogP contribution >= 0.6 is 0 Å². The average molecular weight is 394 g/mol. The third-order valence-electron chi connectivity index (χ3n) is 5.47. The highest BCUT2D eigenvalue weighted by Gasteiger charge is 2.35. The van der Waals surface area contributed by atoms with Crippen LogP contribution in [0.4, 0.5) is 0 Å². The molecule has 0 saturated carbocycles. The maximum atomic E-state index is 12.5. The van der Waals surface area contributed by atoms with Crippen LogP contribution in [0.25, 0.3) is 0 Å². The fraction of sp³-hybridized carbons (Fsp3) is 0.391. The Bertz CT molecular complexity index is 905. The summed E-state index contributed by atoms with van der Waals surface area (Å²) in [5.41, 5.74) is 3.50. The molecule has 0 aliphatic carbocycles. The first kappa shape index (κ1) is 19.5. The molecule has 0 spiro atoms. The maximum absolute atomic E-state index is 12.5. The van der Waals surface area contributed by atoms with Crippen LogP contribution in [0, 0.1) is 0 Å². The Labute approximate surface area is 171 Å². The Morgan fingerprint density at radius 3 is 2.03 bits per heavy atom. The summed E-state index contributed by atoms with van der Waals surface area (Å²) in [5.74, 6) is 1.19. The van der Waals surface area contributed by atoms with Gasteiger partial charge in [0.15, 0.2) is 11.5 Å². The molecule has 2 heterocycles. The molecule has 2 aliphatic heterocycles. The van der Waals surface area contributed by atoms with E-state index in [1.54, 1.807) is 24.3 Å². The van der Waals surface area contributed by atoms with Crippen molar-refractivity contribution in [1.82, 2.24) is 9.80 Å². The van der Waals surface area contributed by atoms with Gasteiger partial charge in [-0.25, -0.2) is 0 Å². The van der Waals surface area contributed by atoms with Gasteiger partial charge in [-0.05, 0) is 55.7 Å². The molecule has 0 fully saturated rings. The zero-order chi connectivity index (χ0) is 20.4. The third kappa shape index (κ3) is 3.72. The lowest BCUT2D eigenvalue weighted by Gasteiger charge is -2.30. The number of hydrogen-bond acceptors (Lipinski definition) is 5. The number of imide groups is 1. The van der Waals surface area contributed by atoms with Crippen LogP contribution in [0.5, 0.6) is 11.5 Å². The number of hydrogen-bond donors (Lipinski definition) is 0. The molecule has 0 bridgehead atoms. The predicted molar refractivity (Wildman–Crippen MR) is 110 cm³/mol. The van der Waals surface area contributed by atoms with Gasteiger partial charge in [0.05, 0.1) is 24.3 Å². The summed E-state index contributed by atoms with van der Waals surface area (Å²) in [6, 6.07) is 11.2. The van der Waals surface area contributed by atoms with E-state index in [9.17, 15) is 9.59 Å². The minimum absolute atomic E-state index is 0.192. The third-order valence-corrected chi connectivity index (χ3v) is 5.47. The normalized spacial score (nSPS) is 16.0. The van der Waals surface area contributed by atoms with Crippen molar-refractivity contribution in [2.75, 3.05) is 32.8 Å². The summed E-state index contributed by atoms with van der Waals surface area (Å²) >= 11 is 0. The lowest BCUT2D eigenvalue weighted by molar-refractivity contribution is 0.0633. The fourth-order valence-corrected chi connectivity index (χ4v) is 4.03. The van der Waals surface area contributed by atoms with Crippen molar-refractivity contribution < 1.29 is 19.1 Å². The summed E-state index contributed by atoms with van der Waals surface area (Å²) in [7, 11) is 0. The molecule has 2 aromatic carbocycles. The molecule has 0 saturated heterocycles. The second-order valence-electron chi connectivity index (χ2n) is 7.27. The van der Waals surface area contributed by atoms with E-state index in [-0.39, 0.29) is 11.8 Å². The highest BCUT2D eigenvalue weighted by molar-refractivity contribution is 6.21. The van der Waals surface area contributed by atoms with Gasteiger partial charge in [-0.3, -0.25) is 19.4 Å². The molecule has 0 N–H and O–H groups in total. The number of fused-ring (bicyclic) bond motifs is 2. The smallest absolute Gasteiger partial charge is 0.261 e. The Kier molecular flexibility index (Phi) is 5.53. The minimum Gasteiger partial charge on any atom is -0.490 e. The lowest BCUT2D eigenvalue weighted by Crippen LogP contribution is -2.40. The number of amides is 2. The van der Waals surface area contributed by atoms with Gasteiger partial charge >= 0.3 is 0 Å². The fourth-order valence-electron chi connectivity index (χ4n) is 4.03. The van der Waals surface area contributed by atoms with E-state index in [1.165, 1.54) is 16.0 Å². The van der Waals surface area contributed by atoms with E-state index >= 15 is 0 Å². The monoisotopic (exact) mass is 394 g/mol. The SMILES string of the molecule is CCOc1cc2c(cc1OCC)CN(CCN1C(=O)c3ccccc3C1=O)CC2. The van der Waals surface area contributed by atoms with Crippen LogP contribution in [-0.2, 0) is 13.0 Å². The molecule has 152 valence electrons. The summed E-state index contributed by atoms with van der Waals surface area (Å²) in [6.07, 6.45) is 0.907. The van der Waals surface area contributed by atoms with E-state index < -0.39 is 0 Å². The van der Waals surface area contributed by atoms with E-state index in [1.807, 2.05) is 13.8 Å². The number of nitrogens with zero attached hydrogens (tertiary/aromatic N) is 2. The number of carbonyl (C=O) groups excluding carboxylic acids is 2. The van der Waals surface area contributed by atoms with E-state index in [0.29, 0.717) is 37.4 Å². The Balaban J connectivity index is 1.44. The van der Waals surface area contributed by atoms with Crippen molar-refractivity contribution >= 4 is 11.8 Å². The van der Waals surface area contributed by atoms with Gasteiger partial charge in [0, 0.05) is 26.2 Å². The van der Waals surface area contributed by atoms with Crippen molar-refractivity contribution in [1.29, 1.82) is 0 Å². The molecule has 0 aromatic heterocycles. The zero-order valence-electron chi connectivity index (χ0n) is 16.9. The first-order valence-electron chi connectivity index (χ1n) is 10.2. The molecule has 4 rings (SSSR count). The molecule has 0 unspecified atom stereocenters. The van der Waals surface area contributed by atoms with Crippen LogP contribution in [0.3, 0.4) is 0 Å². The summed E-state index contributed by atoms with van der Waals surface area (Å²) in [4.78, 5) is 28.7. The van der Waals surface area contributed by atoms with Crippen LogP contribution in [0.1, 0.15) is 45.7 Å². The lowest BCUT2D eigenvalue weighted by atomic mass is 9.99. The summed E-state index contributed by atoms with van der Waals surface area (Å²) in [6.45, 7) is 7.83. The quantitative estimate of drug-likeness (QED) is 0.676. The number of benzene rings is 2. The molecule has 0 atom stereocenters. The molecule has 2 aliphatic rings. The molecule has 29 heavy (non-hydrogen) atoms. The topological polar surface area (TPSA) is 59.1 Å². The Morgan fingerprint density at radius 1 is 0.862 bits per heavy atom. The number of ether oxygens (including phenoxy) is 2. The van der Waals surface area contributed by atoms with Crippen molar-refractivity contribution in [3.63, 3.8) is 0 Å². The average Bonchev–Trinajstić information content (AvgIpc) is 2.97. The van der Waals surface area contributed by atoms with Gasteiger partial charge in [0.2, 0.25) is 0 Å². The van der Waals surface area contributed by atoms with Gasteiger partial charge in [-0.1, -0.05) is 12.1 Å². The molecule has 2 amide bonds. The van der Waals surface area contributed by atoms with Crippen molar-refractivity contribution in [3.05, 3.63) is 58.7 Å². The standard InChI is InChI=1S/C23H26N2O4/c1-3-28-20-13-16-9-10-24(15-17(16)14-21(20)29-4-2)11-12-25-22(26)18-7-5-6-8-19(18)23(25)27/h5-8,13-14H,3-4,9-12,15H2,1-2H3. The molecule has 6 nitrogen and oxygen atoms in total. The largest absolute Gasteiger partial charge is 0.490 e.